The van der Waals surface area contributed by atoms with E-state index >= 15 is 0 Å². The molecule has 0 saturated carbocycles. The second-order valence-electron chi connectivity index (χ2n) is 7.47. The monoisotopic (exact) mass is 433 g/mol. The van der Waals surface area contributed by atoms with E-state index in [1.807, 2.05) is 20.8 Å². The molecule has 162 valence electrons. The van der Waals surface area contributed by atoms with Crippen LogP contribution in [0.1, 0.15) is 46.9 Å². The van der Waals surface area contributed by atoms with E-state index < -0.39 is 5.97 Å². The number of fused-ring (bicyclic) bond motifs is 1. The van der Waals surface area contributed by atoms with Gasteiger partial charge in [0.1, 0.15) is 11.3 Å². The Hall–Kier alpha value is -2.68. The van der Waals surface area contributed by atoms with Crippen LogP contribution in [0, 0.1) is 6.92 Å². The highest BCUT2D eigenvalue weighted by molar-refractivity contribution is 7.09. The van der Waals surface area contributed by atoms with Gasteiger partial charge < -0.3 is 18.9 Å². The molecule has 9 heteroatoms. The van der Waals surface area contributed by atoms with E-state index in [1.54, 1.807) is 26.3 Å². The van der Waals surface area contributed by atoms with Gasteiger partial charge in [-0.2, -0.15) is 0 Å². The summed E-state index contributed by atoms with van der Waals surface area (Å²) in [4.78, 5) is 45.1. The van der Waals surface area contributed by atoms with Gasteiger partial charge >= 0.3 is 5.97 Å². The summed E-state index contributed by atoms with van der Waals surface area (Å²) >= 11 is 1.56. The fourth-order valence-corrected chi connectivity index (χ4v) is 4.39. The van der Waals surface area contributed by atoms with E-state index in [1.165, 1.54) is 13.2 Å². The van der Waals surface area contributed by atoms with Gasteiger partial charge in [-0.3, -0.25) is 9.59 Å². The van der Waals surface area contributed by atoms with Gasteiger partial charge in [0.25, 0.3) is 5.56 Å². The lowest BCUT2D eigenvalue weighted by atomic mass is 10.1. The molecular formula is C21H27N3O5S. The summed E-state index contributed by atoms with van der Waals surface area (Å²) in [6, 6.07) is 1.33. The number of hydrogen-bond donors (Lipinski definition) is 0. The maximum absolute atomic E-state index is 12.8. The van der Waals surface area contributed by atoms with E-state index in [-0.39, 0.29) is 28.9 Å². The minimum Gasteiger partial charge on any atom is -0.490 e. The van der Waals surface area contributed by atoms with Crippen LogP contribution in [0.2, 0.25) is 0 Å². The van der Waals surface area contributed by atoms with Crippen LogP contribution >= 0.6 is 11.3 Å². The number of carbonyl (C=O) groups is 2. The molecule has 0 saturated heterocycles. The summed E-state index contributed by atoms with van der Waals surface area (Å²) in [5.74, 6) is -0.287. The molecule has 0 aliphatic carbocycles. The maximum atomic E-state index is 12.8. The molecule has 1 amide bonds. The van der Waals surface area contributed by atoms with Gasteiger partial charge in [-0.25, -0.2) is 9.78 Å². The fraction of sp³-hybridized carbons (Fsp3) is 0.524. The van der Waals surface area contributed by atoms with Crippen molar-refractivity contribution in [1.82, 2.24) is 14.5 Å². The summed E-state index contributed by atoms with van der Waals surface area (Å²) in [5, 5.41) is 0. The smallest absolute Gasteiger partial charge is 0.343 e. The predicted molar refractivity (Wildman–Crippen MR) is 113 cm³/mol. The molecule has 0 unspecified atom stereocenters. The Kier molecular flexibility index (Phi) is 6.91. The molecule has 1 aliphatic rings. The van der Waals surface area contributed by atoms with Gasteiger partial charge in [-0.05, 0) is 27.2 Å². The average molecular weight is 434 g/mol. The van der Waals surface area contributed by atoms with E-state index in [0.717, 1.165) is 10.6 Å². The molecule has 0 radical (unpaired) electrons. The Balaban J connectivity index is 1.82. The lowest BCUT2D eigenvalue weighted by molar-refractivity contribution is -0.131. The Bertz CT molecular complexity index is 995. The standard InChI is InChI=1S/C21H27N3O5S/c1-13(2)29-16-11-19(26)24-10-9-23(8-7-15(24)20(16)21(27)28-4)18(25)6-5-17-14(3)22-12-30-17/h11-13H,5-10H2,1-4H3. The normalized spacial score (nSPS) is 13.7. The van der Waals surface area contributed by atoms with Crippen LogP contribution in [0.4, 0.5) is 0 Å². The number of aryl methyl sites for hydroxylation is 2. The number of thiazole rings is 1. The van der Waals surface area contributed by atoms with Crippen molar-refractivity contribution in [2.75, 3.05) is 20.2 Å². The van der Waals surface area contributed by atoms with Crippen LogP contribution in [0.3, 0.4) is 0 Å². The van der Waals surface area contributed by atoms with Gasteiger partial charge in [0.2, 0.25) is 5.91 Å². The topological polar surface area (TPSA) is 90.7 Å². The highest BCUT2D eigenvalue weighted by Crippen LogP contribution is 2.25. The quantitative estimate of drug-likeness (QED) is 0.649. The van der Waals surface area contributed by atoms with E-state index in [4.69, 9.17) is 9.47 Å². The van der Waals surface area contributed by atoms with Gasteiger partial charge in [-0.1, -0.05) is 0 Å². The Morgan fingerprint density at radius 3 is 2.67 bits per heavy atom. The molecular weight excluding hydrogens is 406 g/mol. The van der Waals surface area contributed by atoms with Crippen LogP contribution in [0.25, 0.3) is 0 Å². The molecule has 30 heavy (non-hydrogen) atoms. The van der Waals surface area contributed by atoms with Crippen LogP contribution in [0.15, 0.2) is 16.4 Å². The first-order chi connectivity index (χ1) is 14.3. The van der Waals surface area contributed by atoms with E-state index in [0.29, 0.717) is 44.6 Å². The largest absolute Gasteiger partial charge is 0.490 e. The van der Waals surface area contributed by atoms with Crippen molar-refractivity contribution in [1.29, 1.82) is 0 Å². The van der Waals surface area contributed by atoms with Crippen LogP contribution < -0.4 is 10.3 Å². The molecule has 2 aromatic rings. The number of methoxy groups -OCH3 is 1. The number of pyridine rings is 1. The maximum Gasteiger partial charge on any atom is 0.343 e. The first-order valence-electron chi connectivity index (χ1n) is 10.00. The summed E-state index contributed by atoms with van der Waals surface area (Å²) in [6.07, 6.45) is 1.22. The number of hydrogen-bond acceptors (Lipinski definition) is 7. The number of aromatic nitrogens is 2. The first-order valence-corrected chi connectivity index (χ1v) is 10.9. The minimum atomic E-state index is -0.546. The zero-order valence-corrected chi connectivity index (χ0v) is 18.6. The molecule has 0 fully saturated rings. The fourth-order valence-electron chi connectivity index (χ4n) is 3.61. The van der Waals surface area contributed by atoms with Crippen molar-refractivity contribution in [3.63, 3.8) is 0 Å². The number of rotatable bonds is 6. The number of nitrogens with zero attached hydrogens (tertiary/aromatic N) is 3. The number of carbonyl (C=O) groups excluding carboxylic acids is 2. The third-order valence-electron chi connectivity index (χ3n) is 5.11. The second kappa shape index (κ2) is 9.42. The Morgan fingerprint density at radius 2 is 2.03 bits per heavy atom. The predicted octanol–water partition coefficient (Wildman–Crippen LogP) is 2.20. The SMILES string of the molecule is COC(=O)c1c(OC(C)C)cc(=O)n2c1CCN(C(=O)CCc1scnc1C)CC2. The van der Waals surface area contributed by atoms with Crippen molar-refractivity contribution >= 4 is 23.2 Å². The molecule has 8 nitrogen and oxygen atoms in total. The van der Waals surface area contributed by atoms with Crippen molar-refractivity contribution < 1.29 is 19.1 Å². The second-order valence-corrected chi connectivity index (χ2v) is 8.41. The van der Waals surface area contributed by atoms with Crippen LogP contribution in [-0.2, 0) is 28.9 Å². The lowest BCUT2D eigenvalue weighted by Gasteiger charge is -2.19. The Morgan fingerprint density at radius 1 is 1.27 bits per heavy atom. The molecule has 0 bridgehead atoms. The molecule has 0 N–H and O–H groups in total. The summed E-state index contributed by atoms with van der Waals surface area (Å²) < 4.78 is 12.2. The van der Waals surface area contributed by atoms with Crippen molar-refractivity contribution in [2.45, 2.75) is 52.7 Å². The van der Waals surface area contributed by atoms with Gasteiger partial charge in [0.05, 0.1) is 24.4 Å². The Labute approximate surface area is 179 Å². The first kappa shape index (κ1) is 22.0. The summed E-state index contributed by atoms with van der Waals surface area (Å²) in [5.41, 5.74) is 3.32. The molecule has 2 aromatic heterocycles. The molecule has 0 spiro atoms. The summed E-state index contributed by atoms with van der Waals surface area (Å²) in [7, 11) is 1.30. The molecule has 3 rings (SSSR count). The van der Waals surface area contributed by atoms with Gasteiger partial charge in [-0.15, -0.1) is 11.3 Å². The zero-order valence-electron chi connectivity index (χ0n) is 17.8. The number of esters is 1. The van der Waals surface area contributed by atoms with Crippen LogP contribution in [-0.4, -0.2) is 52.6 Å². The van der Waals surface area contributed by atoms with Crippen LogP contribution in [0.5, 0.6) is 5.75 Å². The molecule has 0 atom stereocenters. The van der Waals surface area contributed by atoms with E-state index in [2.05, 4.69) is 4.98 Å². The van der Waals surface area contributed by atoms with Gasteiger partial charge in [0.15, 0.2) is 0 Å². The zero-order chi connectivity index (χ0) is 21.8. The highest BCUT2D eigenvalue weighted by Gasteiger charge is 2.27. The third kappa shape index (κ3) is 4.72. The number of ether oxygens (including phenoxy) is 2. The average Bonchev–Trinajstić information content (AvgIpc) is 2.97. The van der Waals surface area contributed by atoms with E-state index in [9.17, 15) is 14.4 Å². The minimum absolute atomic E-state index is 0.0296. The third-order valence-corrected chi connectivity index (χ3v) is 6.10. The van der Waals surface area contributed by atoms with Crippen molar-refractivity contribution in [2.24, 2.45) is 0 Å². The summed E-state index contributed by atoms with van der Waals surface area (Å²) in [6.45, 7) is 6.76. The highest BCUT2D eigenvalue weighted by atomic mass is 32.1. The molecule has 1 aliphatic heterocycles. The molecule has 3 heterocycles. The molecule has 0 aromatic carbocycles. The van der Waals surface area contributed by atoms with Gasteiger partial charge in [0, 0.05) is 49.1 Å². The van der Waals surface area contributed by atoms with Crippen molar-refractivity contribution in [3.8, 4) is 5.75 Å². The number of amides is 1. The lowest BCUT2D eigenvalue weighted by Crippen LogP contribution is -2.34. The van der Waals surface area contributed by atoms with Crippen molar-refractivity contribution in [3.05, 3.63) is 43.8 Å².